The van der Waals surface area contributed by atoms with Crippen LogP contribution in [-0.4, -0.2) is 41.2 Å². The van der Waals surface area contributed by atoms with E-state index in [1.54, 1.807) is 30.7 Å². The summed E-state index contributed by atoms with van der Waals surface area (Å²) in [6, 6.07) is 12.3. The van der Waals surface area contributed by atoms with Crippen molar-refractivity contribution in [3.63, 3.8) is 0 Å². The van der Waals surface area contributed by atoms with Crippen LogP contribution in [0, 0.1) is 5.82 Å². The second-order valence-corrected chi connectivity index (χ2v) is 9.63. The second-order valence-electron chi connectivity index (χ2n) is 9.63. The van der Waals surface area contributed by atoms with E-state index in [0.717, 1.165) is 46.2 Å². The molecule has 0 aliphatic heterocycles. The van der Waals surface area contributed by atoms with E-state index in [4.69, 9.17) is 9.72 Å². The van der Waals surface area contributed by atoms with Gasteiger partial charge in [0, 0.05) is 35.3 Å². The Labute approximate surface area is 217 Å². The molecule has 0 amide bonds. The van der Waals surface area contributed by atoms with E-state index in [2.05, 4.69) is 30.1 Å². The van der Waals surface area contributed by atoms with Gasteiger partial charge in [-0.3, -0.25) is 10.1 Å². The van der Waals surface area contributed by atoms with E-state index < -0.39 is 0 Å². The highest BCUT2D eigenvalue weighted by Gasteiger charge is 2.18. The highest BCUT2D eigenvalue weighted by Crippen LogP contribution is 2.33. The van der Waals surface area contributed by atoms with Crippen LogP contribution >= 0.6 is 0 Å². The number of pyridine rings is 3. The molecule has 1 saturated carbocycles. The van der Waals surface area contributed by atoms with E-state index in [1.165, 1.54) is 31.4 Å². The van der Waals surface area contributed by atoms with Gasteiger partial charge >= 0.3 is 0 Å². The molecule has 1 fully saturated rings. The minimum atomic E-state index is -0.283. The molecule has 0 radical (unpaired) electrons. The summed E-state index contributed by atoms with van der Waals surface area (Å²) in [6.45, 7) is 0. The molecule has 5 heterocycles. The lowest BCUT2D eigenvalue weighted by molar-refractivity contribution is 0.154. The Morgan fingerprint density at radius 2 is 1.68 bits per heavy atom. The normalized spacial score (nSPS) is 14.3. The molecule has 38 heavy (non-hydrogen) atoms. The van der Waals surface area contributed by atoms with Crippen LogP contribution < -0.4 is 4.74 Å². The molecule has 0 unspecified atom stereocenters. The maximum absolute atomic E-state index is 13.5. The number of nitrogens with one attached hydrogen (secondary N) is 2. The van der Waals surface area contributed by atoms with Crippen molar-refractivity contribution in [3.05, 3.63) is 73.1 Å². The zero-order valence-corrected chi connectivity index (χ0v) is 20.5. The molecular formula is C29H24FN7O. The summed E-state index contributed by atoms with van der Waals surface area (Å²) >= 11 is 0. The number of fused-ring (bicyclic) bond motifs is 2. The number of aromatic nitrogens is 7. The van der Waals surface area contributed by atoms with E-state index in [1.807, 2.05) is 24.4 Å². The first-order valence-electron chi connectivity index (χ1n) is 12.8. The molecule has 2 N–H and O–H groups in total. The molecule has 0 saturated heterocycles. The average molecular weight is 506 g/mol. The van der Waals surface area contributed by atoms with Gasteiger partial charge in [-0.25, -0.2) is 19.3 Å². The van der Waals surface area contributed by atoms with Crippen LogP contribution in [0.5, 0.6) is 5.75 Å². The number of hydrogen-bond donors (Lipinski definition) is 2. The SMILES string of the molecule is Fc1ccc(-c2ccnc3[nH]c(-c4n[nH]c5ncc(-c6cncc(OC7CCCCC7)c6)cc45)nc23)cc1. The maximum Gasteiger partial charge on any atom is 0.161 e. The lowest BCUT2D eigenvalue weighted by Gasteiger charge is -2.23. The van der Waals surface area contributed by atoms with Crippen molar-refractivity contribution < 1.29 is 9.13 Å². The van der Waals surface area contributed by atoms with Gasteiger partial charge in [0.05, 0.1) is 17.7 Å². The van der Waals surface area contributed by atoms with Crippen molar-refractivity contribution in [1.29, 1.82) is 0 Å². The van der Waals surface area contributed by atoms with Crippen molar-refractivity contribution in [1.82, 2.24) is 35.1 Å². The number of H-pyrrole nitrogens is 2. The molecule has 7 rings (SSSR count). The molecular weight excluding hydrogens is 481 g/mol. The van der Waals surface area contributed by atoms with Crippen molar-refractivity contribution in [2.24, 2.45) is 0 Å². The number of ether oxygens (including phenoxy) is 1. The highest BCUT2D eigenvalue weighted by atomic mass is 19.1. The summed E-state index contributed by atoms with van der Waals surface area (Å²) in [7, 11) is 0. The number of imidazole rings is 1. The van der Waals surface area contributed by atoms with Crippen LogP contribution in [-0.2, 0) is 0 Å². The number of halogens is 1. The summed E-state index contributed by atoms with van der Waals surface area (Å²) in [5.41, 5.74) is 6.14. The minimum absolute atomic E-state index is 0.253. The summed E-state index contributed by atoms with van der Waals surface area (Å²) in [5, 5.41) is 8.33. The fourth-order valence-corrected chi connectivity index (χ4v) is 5.14. The van der Waals surface area contributed by atoms with Gasteiger partial charge in [-0.2, -0.15) is 5.10 Å². The quantitative estimate of drug-likeness (QED) is 0.278. The zero-order chi connectivity index (χ0) is 25.5. The van der Waals surface area contributed by atoms with Crippen LogP contribution in [0.25, 0.3) is 56.0 Å². The Morgan fingerprint density at radius 1 is 0.842 bits per heavy atom. The van der Waals surface area contributed by atoms with Gasteiger partial charge < -0.3 is 9.72 Å². The van der Waals surface area contributed by atoms with Gasteiger partial charge in [0.25, 0.3) is 0 Å². The molecule has 0 spiro atoms. The third-order valence-corrected chi connectivity index (χ3v) is 7.08. The first-order chi connectivity index (χ1) is 18.7. The number of rotatable bonds is 5. The monoisotopic (exact) mass is 505 g/mol. The van der Waals surface area contributed by atoms with Crippen LogP contribution in [0.3, 0.4) is 0 Å². The molecule has 1 aromatic carbocycles. The van der Waals surface area contributed by atoms with E-state index in [-0.39, 0.29) is 11.9 Å². The number of benzene rings is 1. The van der Waals surface area contributed by atoms with Crippen molar-refractivity contribution in [2.75, 3.05) is 0 Å². The number of hydrogen-bond acceptors (Lipinski definition) is 6. The average Bonchev–Trinajstić information content (AvgIpc) is 3.58. The maximum atomic E-state index is 13.5. The Bertz CT molecular complexity index is 1750. The minimum Gasteiger partial charge on any atom is -0.489 e. The number of aromatic amines is 2. The van der Waals surface area contributed by atoms with E-state index in [9.17, 15) is 4.39 Å². The predicted octanol–water partition coefficient (Wildman–Crippen LogP) is 6.48. The molecule has 188 valence electrons. The summed E-state index contributed by atoms with van der Waals surface area (Å²) in [5.74, 6) is 1.06. The van der Waals surface area contributed by atoms with Gasteiger partial charge in [0.15, 0.2) is 17.1 Å². The molecule has 9 heteroatoms. The van der Waals surface area contributed by atoms with Crippen LogP contribution in [0.1, 0.15) is 32.1 Å². The van der Waals surface area contributed by atoms with Crippen LogP contribution in [0.4, 0.5) is 4.39 Å². The summed E-state index contributed by atoms with van der Waals surface area (Å²) in [6.07, 6.45) is 13.2. The third kappa shape index (κ3) is 4.15. The van der Waals surface area contributed by atoms with Crippen LogP contribution in [0.15, 0.2) is 67.3 Å². The largest absolute Gasteiger partial charge is 0.489 e. The molecule has 6 aromatic rings. The van der Waals surface area contributed by atoms with E-state index >= 15 is 0 Å². The van der Waals surface area contributed by atoms with Gasteiger partial charge in [0.2, 0.25) is 0 Å². The van der Waals surface area contributed by atoms with Gasteiger partial charge in [-0.1, -0.05) is 18.6 Å². The molecule has 1 aliphatic carbocycles. The topological polar surface area (TPSA) is 105 Å². The second kappa shape index (κ2) is 9.33. The Morgan fingerprint density at radius 3 is 2.55 bits per heavy atom. The first kappa shape index (κ1) is 22.5. The lowest BCUT2D eigenvalue weighted by Crippen LogP contribution is -2.19. The zero-order valence-electron chi connectivity index (χ0n) is 20.5. The van der Waals surface area contributed by atoms with Crippen LogP contribution in [0.2, 0.25) is 0 Å². The molecule has 0 bridgehead atoms. The molecule has 5 aromatic heterocycles. The fraction of sp³-hybridized carbons (Fsp3) is 0.207. The standard InChI is InChI=1S/C29H24FN7O/c30-20-8-6-17(7-9-20)23-10-11-32-28-25(23)34-29(35-28)26-24-13-19(15-33-27(24)37-36-26)18-12-22(16-31-14-18)38-21-4-2-1-3-5-21/h6-16,21H,1-5H2,(H,32,34,35)(H,33,36,37). The predicted molar refractivity (Wildman–Crippen MR) is 143 cm³/mol. The summed E-state index contributed by atoms with van der Waals surface area (Å²) < 4.78 is 19.7. The van der Waals surface area contributed by atoms with E-state index in [0.29, 0.717) is 28.3 Å². The lowest BCUT2D eigenvalue weighted by atomic mass is 9.98. The summed E-state index contributed by atoms with van der Waals surface area (Å²) in [4.78, 5) is 21.6. The Hall–Kier alpha value is -4.66. The van der Waals surface area contributed by atoms with Crippen molar-refractivity contribution in [3.8, 4) is 39.5 Å². The van der Waals surface area contributed by atoms with Gasteiger partial charge in [-0.15, -0.1) is 0 Å². The fourth-order valence-electron chi connectivity index (χ4n) is 5.14. The van der Waals surface area contributed by atoms with Gasteiger partial charge in [-0.05, 0) is 61.6 Å². The number of nitrogens with zero attached hydrogens (tertiary/aromatic N) is 5. The smallest absolute Gasteiger partial charge is 0.161 e. The highest BCUT2D eigenvalue weighted by molar-refractivity contribution is 5.96. The first-order valence-corrected chi connectivity index (χ1v) is 12.8. The van der Waals surface area contributed by atoms with Crippen molar-refractivity contribution in [2.45, 2.75) is 38.2 Å². The Kier molecular flexibility index (Phi) is 5.53. The molecule has 8 nitrogen and oxygen atoms in total. The third-order valence-electron chi connectivity index (χ3n) is 7.08. The Balaban J connectivity index is 1.25. The van der Waals surface area contributed by atoms with Gasteiger partial charge in [0.1, 0.15) is 22.8 Å². The van der Waals surface area contributed by atoms with Crippen molar-refractivity contribution >= 4 is 22.2 Å². The molecule has 0 atom stereocenters. The molecule has 1 aliphatic rings.